The summed E-state index contributed by atoms with van der Waals surface area (Å²) in [7, 11) is 0. The Labute approximate surface area is 94.1 Å². The molecular weight excluding hydrogens is 212 g/mol. The second-order valence-corrected chi connectivity index (χ2v) is 6.47. The van der Waals surface area contributed by atoms with Crippen LogP contribution in [0.1, 0.15) is 20.3 Å². The molecule has 1 aliphatic heterocycles. The first-order valence-electron chi connectivity index (χ1n) is 4.96. The predicted molar refractivity (Wildman–Crippen MR) is 65.1 cm³/mol. The summed E-state index contributed by atoms with van der Waals surface area (Å²) in [6, 6.07) is 0. The molecule has 2 atom stereocenters. The standard InChI is InChI=1S/C11H16OS2/c1-7-8(2)10(12)11(13-3)4-9(7)5-14-6-11/h9H,4-6H2,1-3H3. The van der Waals surface area contributed by atoms with Gasteiger partial charge in [-0.05, 0) is 43.8 Å². The lowest BCUT2D eigenvalue weighted by Crippen LogP contribution is -2.47. The zero-order chi connectivity index (χ0) is 10.3. The van der Waals surface area contributed by atoms with Crippen molar-refractivity contribution in [2.45, 2.75) is 25.0 Å². The van der Waals surface area contributed by atoms with Gasteiger partial charge in [-0.25, -0.2) is 0 Å². The predicted octanol–water partition coefficient (Wildman–Crippen LogP) is 2.76. The zero-order valence-electron chi connectivity index (χ0n) is 8.92. The van der Waals surface area contributed by atoms with Crippen LogP contribution in [0, 0.1) is 5.92 Å². The van der Waals surface area contributed by atoms with E-state index >= 15 is 0 Å². The summed E-state index contributed by atoms with van der Waals surface area (Å²) in [4.78, 5) is 12.2. The molecule has 1 fully saturated rings. The van der Waals surface area contributed by atoms with Crippen LogP contribution in [0.2, 0.25) is 0 Å². The van der Waals surface area contributed by atoms with Crippen molar-refractivity contribution in [3.05, 3.63) is 11.1 Å². The Morgan fingerprint density at radius 1 is 1.50 bits per heavy atom. The monoisotopic (exact) mass is 228 g/mol. The number of hydrogen-bond donors (Lipinski definition) is 0. The molecule has 0 spiro atoms. The van der Waals surface area contributed by atoms with Gasteiger partial charge in [-0.1, -0.05) is 5.57 Å². The molecule has 1 aliphatic carbocycles. The van der Waals surface area contributed by atoms with Gasteiger partial charge in [-0.2, -0.15) is 11.8 Å². The van der Waals surface area contributed by atoms with E-state index in [1.54, 1.807) is 11.8 Å². The molecule has 3 heteroatoms. The molecule has 14 heavy (non-hydrogen) atoms. The lowest BCUT2D eigenvalue weighted by Gasteiger charge is -2.43. The highest BCUT2D eigenvalue weighted by Crippen LogP contribution is 2.48. The number of ketones is 1. The number of Topliss-reactive ketones (excluding diaryl/α,β-unsaturated/α-hetero) is 1. The van der Waals surface area contributed by atoms with Crippen LogP contribution >= 0.6 is 23.5 Å². The maximum absolute atomic E-state index is 12.2. The summed E-state index contributed by atoms with van der Waals surface area (Å²) in [5, 5.41) is 0. The Morgan fingerprint density at radius 2 is 2.21 bits per heavy atom. The van der Waals surface area contributed by atoms with E-state index in [1.165, 1.54) is 11.3 Å². The highest BCUT2D eigenvalue weighted by Gasteiger charge is 2.47. The summed E-state index contributed by atoms with van der Waals surface area (Å²) in [5.74, 6) is 3.26. The summed E-state index contributed by atoms with van der Waals surface area (Å²) >= 11 is 3.70. The molecule has 1 heterocycles. The van der Waals surface area contributed by atoms with Crippen LogP contribution in [0.4, 0.5) is 0 Å². The minimum Gasteiger partial charge on any atom is -0.293 e. The van der Waals surface area contributed by atoms with E-state index in [4.69, 9.17) is 0 Å². The Morgan fingerprint density at radius 3 is 2.86 bits per heavy atom. The molecule has 2 unspecified atom stereocenters. The number of hydrogen-bond acceptors (Lipinski definition) is 3. The van der Waals surface area contributed by atoms with Crippen LogP contribution in [0.3, 0.4) is 0 Å². The summed E-state index contributed by atoms with van der Waals surface area (Å²) in [5.41, 5.74) is 2.38. The molecule has 1 nitrogen and oxygen atoms in total. The van der Waals surface area contributed by atoms with E-state index in [1.807, 2.05) is 18.7 Å². The largest absolute Gasteiger partial charge is 0.293 e. The molecule has 0 aromatic carbocycles. The van der Waals surface area contributed by atoms with Crippen molar-refractivity contribution in [3.63, 3.8) is 0 Å². The minimum absolute atomic E-state index is 0.0861. The fraction of sp³-hybridized carbons (Fsp3) is 0.727. The fourth-order valence-electron chi connectivity index (χ4n) is 2.38. The second-order valence-electron chi connectivity index (χ2n) is 4.25. The molecular formula is C11H16OS2. The Kier molecular flexibility index (Phi) is 2.73. The van der Waals surface area contributed by atoms with Crippen LogP contribution in [0.25, 0.3) is 0 Å². The van der Waals surface area contributed by atoms with Gasteiger partial charge in [0.25, 0.3) is 0 Å². The number of carbonyl (C=O) groups is 1. The van der Waals surface area contributed by atoms with E-state index in [9.17, 15) is 4.79 Å². The van der Waals surface area contributed by atoms with E-state index in [0.717, 1.165) is 17.7 Å². The first kappa shape index (κ1) is 10.6. The molecule has 0 aromatic heterocycles. The van der Waals surface area contributed by atoms with Gasteiger partial charge in [0.1, 0.15) is 0 Å². The molecule has 1 saturated heterocycles. The van der Waals surface area contributed by atoms with Gasteiger partial charge in [0.15, 0.2) is 5.78 Å². The molecule has 2 rings (SSSR count). The molecule has 2 bridgehead atoms. The molecule has 0 saturated carbocycles. The Bertz CT molecular complexity index is 308. The first-order valence-corrected chi connectivity index (χ1v) is 7.34. The number of allylic oxidation sites excluding steroid dienone is 2. The van der Waals surface area contributed by atoms with Gasteiger partial charge >= 0.3 is 0 Å². The first-order chi connectivity index (χ1) is 6.60. The van der Waals surface area contributed by atoms with Gasteiger partial charge in [0.2, 0.25) is 0 Å². The number of carbonyl (C=O) groups excluding carboxylic acids is 1. The second kappa shape index (κ2) is 3.60. The van der Waals surface area contributed by atoms with Gasteiger partial charge in [-0.15, -0.1) is 11.8 Å². The van der Waals surface area contributed by atoms with Crippen LogP contribution < -0.4 is 0 Å². The third-order valence-electron chi connectivity index (χ3n) is 3.58. The summed E-state index contributed by atoms with van der Waals surface area (Å²) in [6.45, 7) is 4.14. The number of thioether (sulfide) groups is 2. The Hall–Kier alpha value is 0.110. The normalized spacial score (nSPS) is 37.6. The van der Waals surface area contributed by atoms with Gasteiger partial charge in [0.05, 0.1) is 4.75 Å². The fourth-order valence-corrected chi connectivity index (χ4v) is 5.16. The molecule has 2 aliphatic rings. The van der Waals surface area contributed by atoms with Crippen molar-refractivity contribution >= 4 is 29.3 Å². The zero-order valence-corrected chi connectivity index (χ0v) is 10.6. The highest BCUT2D eigenvalue weighted by molar-refractivity contribution is 8.04. The third kappa shape index (κ3) is 1.36. The van der Waals surface area contributed by atoms with Crippen LogP contribution in [-0.2, 0) is 4.79 Å². The quantitative estimate of drug-likeness (QED) is 0.687. The van der Waals surface area contributed by atoms with Gasteiger partial charge in [0, 0.05) is 5.75 Å². The summed E-state index contributed by atoms with van der Waals surface area (Å²) < 4.78 is -0.0861. The van der Waals surface area contributed by atoms with Crippen molar-refractivity contribution in [1.29, 1.82) is 0 Å². The van der Waals surface area contributed by atoms with Gasteiger partial charge < -0.3 is 0 Å². The van der Waals surface area contributed by atoms with E-state index < -0.39 is 0 Å². The Balaban J connectivity index is 2.45. The molecule has 0 radical (unpaired) electrons. The smallest absolute Gasteiger partial charge is 0.175 e. The molecule has 0 amide bonds. The van der Waals surface area contributed by atoms with Crippen LogP contribution in [-0.4, -0.2) is 28.3 Å². The van der Waals surface area contributed by atoms with Crippen molar-refractivity contribution in [3.8, 4) is 0 Å². The maximum atomic E-state index is 12.2. The van der Waals surface area contributed by atoms with E-state index in [2.05, 4.69) is 13.2 Å². The lowest BCUT2D eigenvalue weighted by atomic mass is 9.77. The van der Waals surface area contributed by atoms with E-state index in [-0.39, 0.29) is 4.75 Å². The molecule has 78 valence electrons. The molecule has 0 N–H and O–H groups in total. The molecule has 0 aromatic rings. The van der Waals surface area contributed by atoms with Crippen LogP contribution in [0.5, 0.6) is 0 Å². The van der Waals surface area contributed by atoms with Crippen LogP contribution in [0.15, 0.2) is 11.1 Å². The van der Waals surface area contributed by atoms with Crippen molar-refractivity contribution in [2.24, 2.45) is 5.92 Å². The van der Waals surface area contributed by atoms with Crippen molar-refractivity contribution in [1.82, 2.24) is 0 Å². The SMILES string of the molecule is CSC12CSCC(C1)C(C)=C(C)C2=O. The minimum atomic E-state index is -0.0861. The van der Waals surface area contributed by atoms with Crippen molar-refractivity contribution in [2.75, 3.05) is 17.8 Å². The highest BCUT2D eigenvalue weighted by atomic mass is 32.2. The van der Waals surface area contributed by atoms with Crippen molar-refractivity contribution < 1.29 is 4.79 Å². The summed E-state index contributed by atoms with van der Waals surface area (Å²) in [6.07, 6.45) is 3.15. The topological polar surface area (TPSA) is 17.1 Å². The average molecular weight is 228 g/mol. The van der Waals surface area contributed by atoms with Gasteiger partial charge in [-0.3, -0.25) is 4.79 Å². The number of rotatable bonds is 1. The third-order valence-corrected chi connectivity index (χ3v) is 6.38. The number of fused-ring (bicyclic) bond motifs is 2. The lowest BCUT2D eigenvalue weighted by molar-refractivity contribution is -0.118. The van der Waals surface area contributed by atoms with E-state index in [0.29, 0.717) is 11.7 Å². The maximum Gasteiger partial charge on any atom is 0.175 e. The average Bonchev–Trinajstić information content (AvgIpc) is 2.24.